The highest BCUT2D eigenvalue weighted by Crippen LogP contribution is 2.12. The average Bonchev–Trinajstić information content (AvgIpc) is 2.32. The standard InChI is InChI=1S/C6H8F3NO/c7-6(8,9)10-4-5-2-1-3-11-5/h2,10H,1,3-4H2. The molecule has 0 aromatic heterocycles. The van der Waals surface area contributed by atoms with Crippen molar-refractivity contribution in [3.8, 4) is 0 Å². The largest absolute Gasteiger partial charge is 0.497 e. The van der Waals surface area contributed by atoms with Crippen LogP contribution in [-0.4, -0.2) is 19.5 Å². The van der Waals surface area contributed by atoms with E-state index in [2.05, 4.69) is 0 Å². The lowest BCUT2D eigenvalue weighted by Crippen LogP contribution is -2.33. The van der Waals surface area contributed by atoms with Gasteiger partial charge in [-0.1, -0.05) is 0 Å². The van der Waals surface area contributed by atoms with Gasteiger partial charge in [-0.25, -0.2) is 5.32 Å². The molecule has 64 valence electrons. The quantitative estimate of drug-likeness (QED) is 0.627. The van der Waals surface area contributed by atoms with Crippen LogP contribution in [0.4, 0.5) is 13.2 Å². The molecule has 0 saturated carbocycles. The summed E-state index contributed by atoms with van der Waals surface area (Å²) in [6, 6.07) is 0. The van der Waals surface area contributed by atoms with Crippen LogP contribution in [-0.2, 0) is 4.74 Å². The molecule has 0 atom stereocenters. The molecule has 0 unspecified atom stereocenters. The topological polar surface area (TPSA) is 21.3 Å². The molecular formula is C6H8F3NO. The Bertz CT molecular complexity index is 164. The highest BCUT2D eigenvalue weighted by Gasteiger charge is 2.26. The van der Waals surface area contributed by atoms with Crippen LogP contribution in [0.1, 0.15) is 6.42 Å². The van der Waals surface area contributed by atoms with Gasteiger partial charge in [0.1, 0.15) is 5.76 Å². The lowest BCUT2D eigenvalue weighted by Gasteiger charge is -2.08. The van der Waals surface area contributed by atoms with Crippen molar-refractivity contribution in [1.82, 2.24) is 5.32 Å². The van der Waals surface area contributed by atoms with Gasteiger partial charge in [0.2, 0.25) is 0 Å². The van der Waals surface area contributed by atoms with Crippen molar-refractivity contribution in [2.75, 3.05) is 13.2 Å². The minimum atomic E-state index is -4.31. The van der Waals surface area contributed by atoms with Crippen LogP contribution in [0.15, 0.2) is 11.8 Å². The molecule has 0 aromatic carbocycles. The van der Waals surface area contributed by atoms with E-state index in [9.17, 15) is 13.2 Å². The van der Waals surface area contributed by atoms with Crippen LogP contribution in [0.2, 0.25) is 0 Å². The Kier molecular flexibility index (Phi) is 2.38. The van der Waals surface area contributed by atoms with E-state index in [4.69, 9.17) is 4.74 Å². The number of nitrogens with one attached hydrogen (secondary N) is 1. The molecule has 2 nitrogen and oxygen atoms in total. The fourth-order valence-corrected chi connectivity index (χ4v) is 0.779. The molecule has 0 bridgehead atoms. The van der Waals surface area contributed by atoms with Crippen LogP contribution in [0.3, 0.4) is 0 Å². The minimum absolute atomic E-state index is 0.260. The molecule has 1 heterocycles. The van der Waals surface area contributed by atoms with Gasteiger partial charge in [-0.05, 0) is 6.08 Å². The Balaban J connectivity index is 2.22. The van der Waals surface area contributed by atoms with E-state index in [1.165, 1.54) is 5.32 Å². The van der Waals surface area contributed by atoms with Crippen LogP contribution >= 0.6 is 0 Å². The van der Waals surface area contributed by atoms with Crippen molar-refractivity contribution in [1.29, 1.82) is 0 Å². The first-order valence-corrected chi connectivity index (χ1v) is 3.21. The molecule has 1 aliphatic heterocycles. The maximum absolute atomic E-state index is 11.5. The Morgan fingerprint density at radius 1 is 1.55 bits per heavy atom. The molecule has 0 radical (unpaired) electrons. The molecule has 0 saturated heterocycles. The summed E-state index contributed by atoms with van der Waals surface area (Å²) in [6.07, 6.45) is -1.96. The molecule has 0 amide bonds. The zero-order valence-electron chi connectivity index (χ0n) is 5.74. The monoisotopic (exact) mass is 167 g/mol. The Labute approximate surface area is 62.0 Å². The predicted octanol–water partition coefficient (Wildman–Crippen LogP) is 1.40. The second-order valence-corrected chi connectivity index (χ2v) is 2.16. The Morgan fingerprint density at radius 2 is 2.27 bits per heavy atom. The first kappa shape index (κ1) is 8.39. The van der Waals surface area contributed by atoms with Gasteiger partial charge in [0.05, 0.1) is 13.2 Å². The summed E-state index contributed by atoms with van der Waals surface area (Å²) < 4.78 is 39.4. The second-order valence-electron chi connectivity index (χ2n) is 2.16. The second kappa shape index (κ2) is 3.13. The van der Waals surface area contributed by atoms with Gasteiger partial charge in [-0.2, -0.15) is 13.2 Å². The molecule has 1 N–H and O–H groups in total. The van der Waals surface area contributed by atoms with Gasteiger partial charge in [0.15, 0.2) is 0 Å². The fraction of sp³-hybridized carbons (Fsp3) is 0.667. The van der Waals surface area contributed by atoms with Crippen LogP contribution in [0, 0.1) is 0 Å². The lowest BCUT2D eigenvalue weighted by molar-refractivity contribution is -0.156. The van der Waals surface area contributed by atoms with E-state index in [0.29, 0.717) is 18.8 Å². The Hall–Kier alpha value is -0.710. The number of ether oxygens (including phenoxy) is 1. The molecule has 0 aliphatic carbocycles. The van der Waals surface area contributed by atoms with Crippen molar-refractivity contribution >= 4 is 0 Å². The predicted molar refractivity (Wildman–Crippen MR) is 32.7 cm³/mol. The number of halogens is 3. The van der Waals surface area contributed by atoms with Gasteiger partial charge in [0.25, 0.3) is 0 Å². The third-order valence-corrected chi connectivity index (χ3v) is 1.24. The zero-order chi connectivity index (χ0) is 8.32. The summed E-state index contributed by atoms with van der Waals surface area (Å²) in [5.74, 6) is 0.377. The van der Waals surface area contributed by atoms with E-state index in [1.807, 2.05) is 0 Å². The maximum atomic E-state index is 11.5. The van der Waals surface area contributed by atoms with Gasteiger partial charge in [0, 0.05) is 6.42 Å². The summed E-state index contributed by atoms with van der Waals surface area (Å²) in [7, 11) is 0. The van der Waals surface area contributed by atoms with Crippen LogP contribution < -0.4 is 5.32 Å². The van der Waals surface area contributed by atoms with Crippen molar-refractivity contribution in [2.24, 2.45) is 0 Å². The number of hydrogen-bond donors (Lipinski definition) is 1. The SMILES string of the molecule is FC(F)(F)NCC1=CCCO1. The third kappa shape index (κ3) is 3.27. The van der Waals surface area contributed by atoms with E-state index in [-0.39, 0.29) is 6.54 Å². The molecular weight excluding hydrogens is 159 g/mol. The first-order valence-electron chi connectivity index (χ1n) is 3.21. The van der Waals surface area contributed by atoms with E-state index >= 15 is 0 Å². The van der Waals surface area contributed by atoms with Crippen molar-refractivity contribution in [3.63, 3.8) is 0 Å². The summed E-state index contributed by atoms with van der Waals surface area (Å²) in [4.78, 5) is 0. The first-order chi connectivity index (χ1) is 5.08. The van der Waals surface area contributed by atoms with Crippen molar-refractivity contribution in [3.05, 3.63) is 11.8 Å². The van der Waals surface area contributed by atoms with Gasteiger partial charge < -0.3 is 4.74 Å². The van der Waals surface area contributed by atoms with Gasteiger partial charge in [-0.3, -0.25) is 0 Å². The average molecular weight is 167 g/mol. The van der Waals surface area contributed by atoms with Gasteiger partial charge >= 0.3 is 6.30 Å². The van der Waals surface area contributed by atoms with Crippen molar-refractivity contribution in [2.45, 2.75) is 12.7 Å². The molecule has 1 aliphatic rings. The Morgan fingerprint density at radius 3 is 2.73 bits per heavy atom. The van der Waals surface area contributed by atoms with E-state index < -0.39 is 6.30 Å². The zero-order valence-corrected chi connectivity index (χ0v) is 5.74. The number of alkyl halides is 3. The summed E-state index contributed by atoms with van der Waals surface area (Å²) in [6.45, 7) is 0.234. The fourth-order valence-electron chi connectivity index (χ4n) is 0.779. The maximum Gasteiger partial charge on any atom is 0.457 e. The summed E-state index contributed by atoms with van der Waals surface area (Å²) in [5.41, 5.74) is 0. The highest BCUT2D eigenvalue weighted by atomic mass is 19.4. The van der Waals surface area contributed by atoms with Crippen molar-refractivity contribution < 1.29 is 17.9 Å². The molecule has 0 fully saturated rings. The number of rotatable bonds is 2. The summed E-state index contributed by atoms with van der Waals surface area (Å²) in [5, 5.41) is 1.37. The van der Waals surface area contributed by atoms with Gasteiger partial charge in [-0.15, -0.1) is 0 Å². The normalized spacial score (nSPS) is 17.9. The summed E-state index contributed by atoms with van der Waals surface area (Å²) >= 11 is 0. The highest BCUT2D eigenvalue weighted by molar-refractivity contribution is 4.99. The van der Waals surface area contributed by atoms with Crippen LogP contribution in [0.25, 0.3) is 0 Å². The molecule has 11 heavy (non-hydrogen) atoms. The van der Waals surface area contributed by atoms with E-state index in [0.717, 1.165) is 0 Å². The van der Waals surface area contributed by atoms with Crippen LogP contribution in [0.5, 0.6) is 0 Å². The minimum Gasteiger partial charge on any atom is -0.497 e. The molecule has 5 heteroatoms. The number of hydrogen-bond acceptors (Lipinski definition) is 2. The lowest BCUT2D eigenvalue weighted by atomic mass is 10.4. The van der Waals surface area contributed by atoms with E-state index in [1.54, 1.807) is 6.08 Å². The molecule has 0 spiro atoms. The molecule has 1 rings (SSSR count). The smallest absolute Gasteiger partial charge is 0.457 e. The molecule has 0 aromatic rings. The third-order valence-electron chi connectivity index (χ3n) is 1.24.